The van der Waals surface area contributed by atoms with Crippen LogP contribution in [0.1, 0.15) is 25.5 Å². The van der Waals surface area contributed by atoms with Crippen LogP contribution in [0.25, 0.3) is 0 Å². The summed E-state index contributed by atoms with van der Waals surface area (Å²) >= 11 is 0. The molecule has 2 aliphatic heterocycles. The van der Waals surface area contributed by atoms with Crippen LogP contribution in [0.4, 0.5) is 0 Å². The standard InChI is InChI=1S/C20H26N2O7/c1-5-22-17(24)14-15(18(22)25)20(10-23,19(26)29-6-2)21-16(14)12-9-11(27-3)7-8-13(12)28-4/h7-9,14-16,21,23H,5-6,10H2,1-4H3/t14-,15+,16+,20-/m1/s1. The highest BCUT2D eigenvalue weighted by molar-refractivity contribution is 6.09. The molecule has 2 fully saturated rings. The topological polar surface area (TPSA) is 114 Å². The van der Waals surface area contributed by atoms with E-state index in [0.717, 1.165) is 4.90 Å². The molecule has 29 heavy (non-hydrogen) atoms. The maximum absolute atomic E-state index is 13.1. The van der Waals surface area contributed by atoms with Gasteiger partial charge in [0.2, 0.25) is 11.8 Å². The molecule has 2 amide bonds. The van der Waals surface area contributed by atoms with Gasteiger partial charge in [-0.15, -0.1) is 0 Å². The van der Waals surface area contributed by atoms with E-state index >= 15 is 0 Å². The van der Waals surface area contributed by atoms with Crippen molar-refractivity contribution in [1.82, 2.24) is 10.2 Å². The molecule has 0 saturated carbocycles. The number of benzene rings is 1. The smallest absolute Gasteiger partial charge is 0.329 e. The Morgan fingerprint density at radius 2 is 1.93 bits per heavy atom. The van der Waals surface area contributed by atoms with Crippen LogP contribution in [0.3, 0.4) is 0 Å². The van der Waals surface area contributed by atoms with E-state index in [4.69, 9.17) is 14.2 Å². The lowest BCUT2D eigenvalue weighted by atomic mass is 9.79. The minimum Gasteiger partial charge on any atom is -0.497 e. The van der Waals surface area contributed by atoms with Gasteiger partial charge >= 0.3 is 5.97 Å². The minimum absolute atomic E-state index is 0.0758. The van der Waals surface area contributed by atoms with Crippen molar-refractivity contribution >= 4 is 17.8 Å². The second-order valence-electron chi connectivity index (χ2n) is 7.00. The van der Waals surface area contributed by atoms with Gasteiger partial charge in [-0.1, -0.05) is 0 Å². The van der Waals surface area contributed by atoms with Gasteiger partial charge < -0.3 is 19.3 Å². The third-order valence-corrected chi connectivity index (χ3v) is 5.72. The van der Waals surface area contributed by atoms with E-state index in [2.05, 4.69) is 5.32 Å². The van der Waals surface area contributed by atoms with Gasteiger partial charge in [-0.05, 0) is 32.0 Å². The van der Waals surface area contributed by atoms with Crippen LogP contribution in [0.2, 0.25) is 0 Å². The van der Waals surface area contributed by atoms with Crippen molar-refractivity contribution in [2.75, 3.05) is 34.0 Å². The first kappa shape index (κ1) is 21.1. The Kier molecular flexibility index (Phi) is 5.81. The van der Waals surface area contributed by atoms with Crippen LogP contribution in [0, 0.1) is 11.8 Å². The molecule has 9 heteroatoms. The third kappa shape index (κ3) is 3.05. The number of fused-ring (bicyclic) bond motifs is 1. The number of carbonyl (C=O) groups is 3. The Balaban J connectivity index is 2.18. The second kappa shape index (κ2) is 8.00. The van der Waals surface area contributed by atoms with Crippen LogP contribution in [0.15, 0.2) is 18.2 Å². The molecule has 1 aromatic carbocycles. The average molecular weight is 406 g/mol. The molecule has 2 N–H and O–H groups in total. The number of aliphatic hydroxyl groups is 1. The van der Waals surface area contributed by atoms with Crippen molar-refractivity contribution < 1.29 is 33.7 Å². The first-order chi connectivity index (χ1) is 13.9. The van der Waals surface area contributed by atoms with Crippen LogP contribution in [-0.4, -0.2) is 67.3 Å². The van der Waals surface area contributed by atoms with Gasteiger partial charge in [0.05, 0.1) is 39.3 Å². The van der Waals surface area contributed by atoms with Crippen molar-refractivity contribution in [1.29, 1.82) is 0 Å². The summed E-state index contributed by atoms with van der Waals surface area (Å²) in [5.41, 5.74) is -1.17. The zero-order valence-electron chi connectivity index (χ0n) is 16.9. The largest absolute Gasteiger partial charge is 0.497 e. The highest BCUT2D eigenvalue weighted by Gasteiger charge is 2.68. The Bertz CT molecular complexity index is 827. The van der Waals surface area contributed by atoms with Crippen LogP contribution in [-0.2, 0) is 19.1 Å². The van der Waals surface area contributed by atoms with Crippen molar-refractivity contribution in [3.05, 3.63) is 23.8 Å². The van der Waals surface area contributed by atoms with Gasteiger partial charge in [0, 0.05) is 18.2 Å². The number of hydrogen-bond acceptors (Lipinski definition) is 8. The molecule has 0 unspecified atom stereocenters. The molecule has 2 saturated heterocycles. The summed E-state index contributed by atoms with van der Waals surface area (Å²) in [5.74, 6) is -2.64. The fourth-order valence-electron chi connectivity index (χ4n) is 4.38. The van der Waals surface area contributed by atoms with Gasteiger partial charge in [0.15, 0.2) is 5.54 Å². The number of rotatable bonds is 7. The number of methoxy groups -OCH3 is 2. The number of esters is 1. The molecule has 9 nitrogen and oxygen atoms in total. The predicted octanol–water partition coefficient (Wildman–Crippen LogP) is 0.263. The molecule has 1 aromatic rings. The minimum atomic E-state index is -1.73. The first-order valence-corrected chi connectivity index (χ1v) is 9.53. The van der Waals surface area contributed by atoms with Crippen LogP contribution >= 0.6 is 0 Å². The summed E-state index contributed by atoms with van der Waals surface area (Å²) in [6.45, 7) is 2.89. The Morgan fingerprint density at radius 3 is 2.48 bits per heavy atom. The monoisotopic (exact) mass is 406 g/mol. The molecule has 3 rings (SSSR count). The van der Waals surface area contributed by atoms with E-state index in [9.17, 15) is 19.5 Å². The Hall–Kier alpha value is -2.65. The SMILES string of the molecule is CCOC(=O)[C@]1(CO)N[C@@H](c2cc(OC)ccc2OC)[C@@H]2C(=O)N(CC)C(=O)[C@H]21. The van der Waals surface area contributed by atoms with Crippen LogP contribution < -0.4 is 14.8 Å². The van der Waals surface area contributed by atoms with Crippen molar-refractivity contribution in [2.24, 2.45) is 11.8 Å². The molecule has 0 bridgehead atoms. The molecule has 4 atom stereocenters. The molecule has 0 spiro atoms. The summed E-state index contributed by atoms with van der Waals surface area (Å²) in [7, 11) is 3.00. The number of aliphatic hydroxyl groups excluding tert-OH is 1. The Morgan fingerprint density at radius 1 is 1.21 bits per heavy atom. The number of nitrogens with one attached hydrogen (secondary N) is 1. The molecule has 0 radical (unpaired) electrons. The van der Waals surface area contributed by atoms with Gasteiger partial charge in [-0.2, -0.15) is 0 Å². The first-order valence-electron chi connectivity index (χ1n) is 9.53. The van der Waals surface area contributed by atoms with Gasteiger partial charge in [0.25, 0.3) is 0 Å². The molecule has 0 aliphatic carbocycles. The quantitative estimate of drug-likeness (QED) is 0.490. The van der Waals surface area contributed by atoms with Crippen molar-refractivity contribution in [2.45, 2.75) is 25.4 Å². The summed E-state index contributed by atoms with van der Waals surface area (Å²) in [6, 6.07) is 4.33. The van der Waals surface area contributed by atoms with E-state index in [1.165, 1.54) is 14.2 Å². The van der Waals surface area contributed by atoms with Crippen LogP contribution in [0.5, 0.6) is 11.5 Å². The summed E-state index contributed by atoms with van der Waals surface area (Å²) in [5, 5.41) is 13.3. The number of nitrogens with zero attached hydrogens (tertiary/aromatic N) is 1. The normalized spacial score (nSPS) is 28.4. The zero-order valence-corrected chi connectivity index (χ0v) is 16.9. The average Bonchev–Trinajstić information content (AvgIpc) is 3.21. The number of imide groups is 1. The maximum Gasteiger partial charge on any atom is 0.329 e. The van der Waals surface area contributed by atoms with E-state index < -0.39 is 47.8 Å². The highest BCUT2D eigenvalue weighted by atomic mass is 16.5. The van der Waals surface area contributed by atoms with Gasteiger partial charge in [-0.3, -0.25) is 19.8 Å². The fourth-order valence-corrected chi connectivity index (χ4v) is 4.38. The highest BCUT2D eigenvalue weighted by Crippen LogP contribution is 2.50. The second-order valence-corrected chi connectivity index (χ2v) is 7.00. The number of hydrogen-bond donors (Lipinski definition) is 2. The summed E-state index contributed by atoms with van der Waals surface area (Å²) < 4.78 is 15.9. The number of likely N-dealkylation sites (tertiary alicyclic amines) is 1. The van der Waals surface area contributed by atoms with Crippen molar-refractivity contribution in [3.63, 3.8) is 0 Å². The predicted molar refractivity (Wildman–Crippen MR) is 101 cm³/mol. The summed E-state index contributed by atoms with van der Waals surface area (Å²) in [6.07, 6.45) is 0. The van der Waals surface area contributed by atoms with Crippen molar-refractivity contribution in [3.8, 4) is 11.5 Å². The molecule has 158 valence electrons. The molecule has 0 aromatic heterocycles. The lowest BCUT2D eigenvalue weighted by Crippen LogP contribution is -2.59. The van der Waals surface area contributed by atoms with Gasteiger partial charge in [-0.25, -0.2) is 4.79 Å². The number of ether oxygens (including phenoxy) is 3. The van der Waals surface area contributed by atoms with E-state index in [1.807, 2.05) is 0 Å². The summed E-state index contributed by atoms with van der Waals surface area (Å²) in [4.78, 5) is 40.2. The van der Waals surface area contributed by atoms with E-state index in [0.29, 0.717) is 17.1 Å². The zero-order chi connectivity index (χ0) is 21.3. The number of amides is 2. The molecule has 2 aliphatic rings. The van der Waals surface area contributed by atoms with Gasteiger partial charge in [0.1, 0.15) is 11.5 Å². The maximum atomic E-state index is 13.1. The lowest BCUT2D eigenvalue weighted by Gasteiger charge is -2.31. The third-order valence-electron chi connectivity index (χ3n) is 5.72. The fraction of sp³-hybridized carbons (Fsp3) is 0.550. The number of carbonyl (C=O) groups excluding carboxylic acids is 3. The Labute approximate surface area is 168 Å². The van der Waals surface area contributed by atoms with E-state index in [-0.39, 0.29) is 13.2 Å². The van der Waals surface area contributed by atoms with E-state index in [1.54, 1.807) is 32.0 Å². The lowest BCUT2D eigenvalue weighted by molar-refractivity contribution is -0.158. The molecular formula is C20H26N2O7. The molecule has 2 heterocycles. The molecular weight excluding hydrogens is 380 g/mol.